The van der Waals surface area contributed by atoms with Crippen LogP contribution in [-0.4, -0.2) is 29.8 Å². The fourth-order valence-corrected chi connectivity index (χ4v) is 3.67. The number of rotatable bonds is 5. The third-order valence-corrected chi connectivity index (χ3v) is 4.87. The van der Waals surface area contributed by atoms with Gasteiger partial charge in [-0.2, -0.15) is 11.8 Å². The molecule has 1 unspecified atom stereocenters. The van der Waals surface area contributed by atoms with E-state index in [2.05, 4.69) is 5.32 Å². The molecule has 1 saturated heterocycles. The molecular formula is C11H18ClNOS. The maximum Gasteiger partial charge on any atom is 0.223 e. The third-order valence-electron chi connectivity index (χ3n) is 3.52. The van der Waals surface area contributed by atoms with Gasteiger partial charge in [-0.1, -0.05) is 0 Å². The second kappa shape index (κ2) is 4.96. The molecule has 1 atom stereocenters. The molecule has 1 N–H and O–H groups in total. The van der Waals surface area contributed by atoms with Gasteiger partial charge in [-0.15, -0.1) is 11.6 Å². The number of nitrogens with one attached hydrogen (secondary N) is 1. The summed E-state index contributed by atoms with van der Waals surface area (Å²) in [5.41, 5.74) is 0.364. The average molecular weight is 248 g/mol. The number of amides is 1. The van der Waals surface area contributed by atoms with E-state index in [0.29, 0.717) is 5.41 Å². The second-order valence-corrected chi connectivity index (χ2v) is 6.25. The van der Waals surface area contributed by atoms with E-state index in [1.54, 1.807) is 0 Å². The lowest BCUT2D eigenvalue weighted by Gasteiger charge is -2.16. The first-order valence-electron chi connectivity index (χ1n) is 5.67. The molecule has 0 spiro atoms. The molecule has 0 bridgehead atoms. The van der Waals surface area contributed by atoms with Crippen molar-refractivity contribution in [2.75, 3.05) is 23.9 Å². The van der Waals surface area contributed by atoms with Gasteiger partial charge in [0, 0.05) is 24.1 Å². The highest BCUT2D eigenvalue weighted by molar-refractivity contribution is 7.99. The van der Waals surface area contributed by atoms with Crippen LogP contribution in [0.1, 0.15) is 25.7 Å². The third kappa shape index (κ3) is 3.04. The number of halogens is 1. The molecule has 1 amide bonds. The normalized spacial score (nSPS) is 27.7. The Hall–Kier alpha value is 0.110. The van der Waals surface area contributed by atoms with Crippen molar-refractivity contribution in [3.05, 3.63) is 0 Å². The molecule has 2 rings (SSSR count). The van der Waals surface area contributed by atoms with Gasteiger partial charge < -0.3 is 5.32 Å². The standard InChI is InChI=1S/C11H18ClNOS/c12-5-4-11(2-3-11)8-13-10(14)9-1-6-15-7-9/h9H,1-8H2,(H,13,14). The molecule has 0 aromatic carbocycles. The Kier molecular flexibility index (Phi) is 3.83. The molecular weight excluding hydrogens is 230 g/mol. The lowest BCUT2D eigenvalue weighted by atomic mass is 10.0. The Balaban J connectivity index is 1.70. The number of alkyl halides is 1. The van der Waals surface area contributed by atoms with Crippen molar-refractivity contribution in [3.63, 3.8) is 0 Å². The summed E-state index contributed by atoms with van der Waals surface area (Å²) < 4.78 is 0. The SMILES string of the molecule is O=C(NCC1(CCCl)CC1)C1CCSC1. The maximum absolute atomic E-state index is 11.8. The average Bonchev–Trinajstić information content (AvgIpc) is 2.81. The molecule has 1 saturated carbocycles. The van der Waals surface area contributed by atoms with Crippen molar-refractivity contribution in [1.29, 1.82) is 0 Å². The Morgan fingerprint density at radius 2 is 2.33 bits per heavy atom. The van der Waals surface area contributed by atoms with Gasteiger partial charge in [0.1, 0.15) is 0 Å². The highest BCUT2D eigenvalue weighted by Gasteiger charge is 2.42. The van der Waals surface area contributed by atoms with Gasteiger partial charge in [-0.25, -0.2) is 0 Å². The van der Waals surface area contributed by atoms with E-state index in [1.165, 1.54) is 12.8 Å². The molecule has 15 heavy (non-hydrogen) atoms. The van der Waals surface area contributed by atoms with Crippen LogP contribution in [0.4, 0.5) is 0 Å². The molecule has 4 heteroatoms. The quantitative estimate of drug-likeness (QED) is 0.756. The first kappa shape index (κ1) is 11.6. The topological polar surface area (TPSA) is 29.1 Å². The summed E-state index contributed by atoms with van der Waals surface area (Å²) in [5, 5.41) is 3.10. The summed E-state index contributed by atoms with van der Waals surface area (Å²) in [6.07, 6.45) is 4.58. The fourth-order valence-electron chi connectivity index (χ4n) is 2.05. The van der Waals surface area contributed by atoms with Gasteiger partial charge >= 0.3 is 0 Å². The molecule has 2 nitrogen and oxygen atoms in total. The molecule has 0 aromatic rings. The van der Waals surface area contributed by atoms with Crippen LogP contribution in [0.25, 0.3) is 0 Å². The Bertz CT molecular complexity index is 237. The summed E-state index contributed by atoms with van der Waals surface area (Å²) >= 11 is 7.64. The van der Waals surface area contributed by atoms with E-state index >= 15 is 0 Å². The van der Waals surface area contributed by atoms with Crippen LogP contribution in [0.3, 0.4) is 0 Å². The smallest absolute Gasteiger partial charge is 0.223 e. The highest BCUT2D eigenvalue weighted by Crippen LogP contribution is 2.48. The van der Waals surface area contributed by atoms with Crippen molar-refractivity contribution in [1.82, 2.24) is 5.32 Å². The predicted molar refractivity (Wildman–Crippen MR) is 65.4 cm³/mol. The lowest BCUT2D eigenvalue weighted by molar-refractivity contribution is -0.124. The predicted octanol–water partition coefficient (Wildman–Crippen LogP) is 2.26. The molecule has 0 aromatic heterocycles. The van der Waals surface area contributed by atoms with E-state index < -0.39 is 0 Å². The van der Waals surface area contributed by atoms with Crippen molar-refractivity contribution in [2.45, 2.75) is 25.7 Å². The van der Waals surface area contributed by atoms with Crippen LogP contribution >= 0.6 is 23.4 Å². The zero-order valence-electron chi connectivity index (χ0n) is 8.93. The van der Waals surface area contributed by atoms with E-state index in [0.717, 1.165) is 36.8 Å². The van der Waals surface area contributed by atoms with E-state index in [-0.39, 0.29) is 11.8 Å². The zero-order valence-corrected chi connectivity index (χ0v) is 10.5. The lowest BCUT2D eigenvalue weighted by Crippen LogP contribution is -2.35. The summed E-state index contributed by atoms with van der Waals surface area (Å²) in [4.78, 5) is 11.8. The number of carbonyl (C=O) groups is 1. The van der Waals surface area contributed by atoms with Crippen molar-refractivity contribution in [3.8, 4) is 0 Å². The van der Waals surface area contributed by atoms with Crippen LogP contribution < -0.4 is 5.32 Å². The van der Waals surface area contributed by atoms with Crippen LogP contribution in [0.15, 0.2) is 0 Å². The van der Waals surface area contributed by atoms with Crippen LogP contribution in [-0.2, 0) is 4.79 Å². The second-order valence-electron chi connectivity index (χ2n) is 4.72. The van der Waals surface area contributed by atoms with Crippen LogP contribution in [0.2, 0.25) is 0 Å². The van der Waals surface area contributed by atoms with Gasteiger partial charge in [0.15, 0.2) is 0 Å². The molecule has 0 radical (unpaired) electrons. The van der Waals surface area contributed by atoms with Crippen molar-refractivity contribution < 1.29 is 4.79 Å². The highest BCUT2D eigenvalue weighted by atomic mass is 35.5. The number of carbonyl (C=O) groups excluding carboxylic acids is 1. The molecule has 2 fully saturated rings. The Morgan fingerprint density at radius 3 is 2.87 bits per heavy atom. The molecule has 1 aliphatic carbocycles. The minimum absolute atomic E-state index is 0.265. The van der Waals surface area contributed by atoms with Gasteiger partial charge in [-0.3, -0.25) is 4.79 Å². The molecule has 1 aliphatic heterocycles. The van der Waals surface area contributed by atoms with Gasteiger partial charge in [0.05, 0.1) is 0 Å². The summed E-state index contributed by atoms with van der Waals surface area (Å²) in [6, 6.07) is 0. The Labute approximate surface area is 101 Å². The number of thioether (sulfide) groups is 1. The van der Waals surface area contributed by atoms with Gasteiger partial charge in [0.2, 0.25) is 5.91 Å². The van der Waals surface area contributed by atoms with Crippen LogP contribution in [0, 0.1) is 11.3 Å². The molecule has 86 valence electrons. The van der Waals surface area contributed by atoms with Crippen LogP contribution in [0.5, 0.6) is 0 Å². The van der Waals surface area contributed by atoms with E-state index in [9.17, 15) is 4.79 Å². The van der Waals surface area contributed by atoms with Crippen molar-refractivity contribution in [2.24, 2.45) is 11.3 Å². The number of hydrogen-bond acceptors (Lipinski definition) is 2. The summed E-state index contributed by atoms with van der Waals surface area (Å²) in [6.45, 7) is 0.847. The maximum atomic E-state index is 11.8. The molecule has 2 aliphatic rings. The first-order chi connectivity index (χ1) is 7.26. The van der Waals surface area contributed by atoms with Crippen molar-refractivity contribution >= 4 is 29.3 Å². The first-order valence-corrected chi connectivity index (χ1v) is 7.36. The van der Waals surface area contributed by atoms with E-state index in [4.69, 9.17) is 11.6 Å². The Morgan fingerprint density at radius 1 is 1.53 bits per heavy atom. The van der Waals surface area contributed by atoms with E-state index in [1.807, 2.05) is 11.8 Å². The summed E-state index contributed by atoms with van der Waals surface area (Å²) in [7, 11) is 0. The largest absolute Gasteiger partial charge is 0.355 e. The minimum atomic E-state index is 0.265. The summed E-state index contributed by atoms with van der Waals surface area (Å²) in [5.74, 6) is 3.40. The number of hydrogen-bond donors (Lipinski definition) is 1. The van der Waals surface area contributed by atoms with Gasteiger partial charge in [-0.05, 0) is 36.9 Å². The van der Waals surface area contributed by atoms with Gasteiger partial charge in [0.25, 0.3) is 0 Å². The fraction of sp³-hybridized carbons (Fsp3) is 0.909. The molecule has 1 heterocycles. The minimum Gasteiger partial charge on any atom is -0.355 e. The zero-order chi connectivity index (χ0) is 10.7. The monoisotopic (exact) mass is 247 g/mol.